The van der Waals surface area contributed by atoms with Crippen molar-refractivity contribution in [3.05, 3.63) is 176 Å². The van der Waals surface area contributed by atoms with Crippen molar-refractivity contribution in [3.8, 4) is 22.3 Å². The number of benzene rings is 8. The first-order valence-corrected chi connectivity index (χ1v) is 17.4. The smallest absolute Gasteiger partial charge is 0.136 e. The molecule has 0 fully saturated rings. The summed E-state index contributed by atoms with van der Waals surface area (Å²) in [6.45, 7) is 0. The molecule has 0 aliphatic heterocycles. The highest BCUT2D eigenvalue weighted by Gasteiger charge is 2.20. The number of furan rings is 1. The molecular weight excluding hydrogens is 615 g/mol. The van der Waals surface area contributed by atoms with Crippen molar-refractivity contribution >= 4 is 81.3 Å². The molecule has 0 bridgehead atoms. The van der Waals surface area contributed by atoms with Crippen molar-refractivity contribution in [2.24, 2.45) is 0 Å². The maximum Gasteiger partial charge on any atom is 0.136 e. The minimum atomic E-state index is 0.905. The van der Waals surface area contributed by atoms with Gasteiger partial charge in [-0.3, -0.25) is 0 Å². The fourth-order valence-electron chi connectivity index (χ4n) is 7.38. The second-order valence-electron chi connectivity index (χ2n) is 12.5. The van der Waals surface area contributed by atoms with Crippen LogP contribution in [-0.4, -0.2) is 0 Å². The number of para-hydroxylation sites is 1. The summed E-state index contributed by atoms with van der Waals surface area (Å²) in [5.41, 5.74) is 9.84. The molecule has 0 saturated carbocycles. The first kappa shape index (κ1) is 27.9. The maximum absolute atomic E-state index is 6.45. The zero-order chi connectivity index (χ0) is 32.3. The molecule has 0 spiro atoms. The van der Waals surface area contributed by atoms with E-state index in [1.165, 1.54) is 42.1 Å². The molecule has 2 nitrogen and oxygen atoms in total. The number of hydrogen-bond donors (Lipinski definition) is 0. The molecule has 8 aromatic carbocycles. The van der Waals surface area contributed by atoms with Crippen molar-refractivity contribution in [2.75, 3.05) is 4.90 Å². The highest BCUT2D eigenvalue weighted by atomic mass is 32.1. The molecule has 10 aromatic rings. The van der Waals surface area contributed by atoms with Crippen LogP contribution in [0.2, 0.25) is 0 Å². The van der Waals surface area contributed by atoms with Gasteiger partial charge in [-0.25, -0.2) is 0 Å². The lowest BCUT2D eigenvalue weighted by Gasteiger charge is -2.27. The van der Waals surface area contributed by atoms with Crippen molar-refractivity contribution in [1.82, 2.24) is 0 Å². The lowest BCUT2D eigenvalue weighted by Crippen LogP contribution is -2.10. The lowest BCUT2D eigenvalue weighted by atomic mass is 9.94. The Morgan fingerprint density at radius 1 is 0.367 bits per heavy atom. The fourth-order valence-corrected chi connectivity index (χ4v) is 8.52. The van der Waals surface area contributed by atoms with Gasteiger partial charge in [-0.1, -0.05) is 121 Å². The summed E-state index contributed by atoms with van der Waals surface area (Å²) in [6.07, 6.45) is 0. The lowest BCUT2D eigenvalue weighted by molar-refractivity contribution is 0.669. The summed E-state index contributed by atoms with van der Waals surface area (Å²) in [6, 6.07) is 63.3. The Kier molecular flexibility index (Phi) is 6.39. The summed E-state index contributed by atoms with van der Waals surface area (Å²) in [4.78, 5) is 2.40. The molecule has 0 radical (unpaired) electrons. The Morgan fingerprint density at radius 3 is 1.84 bits per heavy atom. The fraction of sp³-hybridized carbons (Fsp3) is 0. The highest BCUT2D eigenvalue weighted by Crippen LogP contribution is 2.45. The summed E-state index contributed by atoms with van der Waals surface area (Å²) >= 11 is 1.85. The van der Waals surface area contributed by atoms with E-state index in [-0.39, 0.29) is 0 Å². The van der Waals surface area contributed by atoms with Crippen LogP contribution in [0.4, 0.5) is 17.1 Å². The summed E-state index contributed by atoms with van der Waals surface area (Å²) in [7, 11) is 0. The first-order chi connectivity index (χ1) is 24.3. The number of hydrogen-bond acceptors (Lipinski definition) is 3. The Hall–Kier alpha value is -6.16. The van der Waals surface area contributed by atoms with Crippen molar-refractivity contribution < 1.29 is 4.42 Å². The van der Waals surface area contributed by atoms with Gasteiger partial charge < -0.3 is 9.32 Å². The van der Waals surface area contributed by atoms with E-state index in [9.17, 15) is 0 Å². The SMILES string of the molecule is c1ccc(-c2cccc(N(c3ccc4c(c3)sc3ccccc34)c3ccc4c(c3)c(-c3ccccc3)cc3oc5ccccc5c34)c2)cc1. The number of nitrogens with zero attached hydrogens (tertiary/aromatic N) is 1. The van der Waals surface area contributed by atoms with Gasteiger partial charge >= 0.3 is 0 Å². The average Bonchev–Trinajstić information content (AvgIpc) is 3.73. The standard InChI is InChI=1S/C46H29NOS/c1-3-12-30(13-4-1)32-16-11-17-33(26-32)47(35-22-24-37-36-18-8-10-21-44(36)49-45(37)28-35)34-23-25-38-41(27-34)40(31-14-5-2-6-15-31)29-43-46(38)39-19-7-9-20-42(39)48-43/h1-29H. The molecule has 2 heterocycles. The highest BCUT2D eigenvalue weighted by molar-refractivity contribution is 7.25. The van der Waals surface area contributed by atoms with Gasteiger partial charge in [0.05, 0.1) is 0 Å². The summed E-state index contributed by atoms with van der Waals surface area (Å²) < 4.78 is 9.04. The van der Waals surface area contributed by atoms with Crippen LogP contribution in [0.5, 0.6) is 0 Å². The summed E-state index contributed by atoms with van der Waals surface area (Å²) in [5.74, 6) is 0. The van der Waals surface area contributed by atoms with E-state index in [2.05, 4.69) is 175 Å². The summed E-state index contributed by atoms with van der Waals surface area (Å²) in [5, 5.41) is 7.26. The second kappa shape index (κ2) is 11.2. The molecule has 2 aromatic heterocycles. The van der Waals surface area contributed by atoms with Gasteiger partial charge in [-0.2, -0.15) is 0 Å². The number of anilines is 3. The van der Waals surface area contributed by atoms with Crippen LogP contribution in [0.3, 0.4) is 0 Å². The third kappa shape index (κ3) is 4.62. The molecule has 0 amide bonds. The Morgan fingerprint density at radius 2 is 1.00 bits per heavy atom. The van der Waals surface area contributed by atoms with Gasteiger partial charge in [0.1, 0.15) is 11.2 Å². The minimum absolute atomic E-state index is 0.905. The second-order valence-corrected chi connectivity index (χ2v) is 13.6. The van der Waals surface area contributed by atoms with Crippen LogP contribution in [0.25, 0.3) is 75.1 Å². The molecule has 0 unspecified atom stereocenters. The molecule has 10 rings (SSSR count). The Labute approximate surface area is 287 Å². The largest absolute Gasteiger partial charge is 0.456 e. The van der Waals surface area contributed by atoms with Gasteiger partial charge in [0.15, 0.2) is 0 Å². The molecule has 0 aliphatic carbocycles. The van der Waals surface area contributed by atoms with Crippen LogP contribution in [0, 0.1) is 0 Å². The molecule has 49 heavy (non-hydrogen) atoms. The van der Waals surface area contributed by atoms with Crippen molar-refractivity contribution in [3.63, 3.8) is 0 Å². The third-order valence-corrected chi connectivity index (χ3v) is 10.8. The van der Waals surface area contributed by atoms with Crippen LogP contribution in [-0.2, 0) is 0 Å². The minimum Gasteiger partial charge on any atom is -0.456 e. The van der Waals surface area contributed by atoms with Gasteiger partial charge in [0, 0.05) is 48.0 Å². The normalized spacial score (nSPS) is 11.7. The predicted octanol–water partition coefficient (Wildman–Crippen LogP) is 13.9. The average molecular weight is 644 g/mol. The third-order valence-electron chi connectivity index (χ3n) is 9.64. The number of thiophene rings is 1. The van der Waals surface area contributed by atoms with E-state index < -0.39 is 0 Å². The van der Waals surface area contributed by atoms with E-state index in [0.717, 1.165) is 50.1 Å². The van der Waals surface area contributed by atoms with Crippen molar-refractivity contribution in [1.29, 1.82) is 0 Å². The molecule has 0 atom stereocenters. The van der Waals surface area contributed by atoms with Crippen molar-refractivity contribution in [2.45, 2.75) is 0 Å². The predicted molar refractivity (Wildman–Crippen MR) is 210 cm³/mol. The molecule has 230 valence electrons. The molecular formula is C46H29NOS. The maximum atomic E-state index is 6.45. The van der Waals surface area contributed by atoms with Crippen LogP contribution in [0.1, 0.15) is 0 Å². The van der Waals surface area contributed by atoms with Crippen LogP contribution < -0.4 is 4.90 Å². The van der Waals surface area contributed by atoms with Gasteiger partial charge in [0.25, 0.3) is 0 Å². The Balaban J connectivity index is 1.25. The van der Waals surface area contributed by atoms with Gasteiger partial charge in [-0.15, -0.1) is 11.3 Å². The van der Waals surface area contributed by atoms with E-state index in [1.54, 1.807) is 0 Å². The number of rotatable bonds is 5. The van der Waals surface area contributed by atoms with E-state index in [0.29, 0.717) is 0 Å². The van der Waals surface area contributed by atoms with E-state index >= 15 is 0 Å². The Bertz CT molecular complexity index is 2830. The molecule has 0 N–H and O–H groups in total. The molecule has 3 heteroatoms. The van der Waals surface area contributed by atoms with Gasteiger partial charge in [0.2, 0.25) is 0 Å². The zero-order valence-electron chi connectivity index (χ0n) is 26.5. The number of fused-ring (bicyclic) bond motifs is 8. The topological polar surface area (TPSA) is 16.4 Å². The van der Waals surface area contributed by atoms with Gasteiger partial charge in [-0.05, 0) is 87.6 Å². The van der Waals surface area contributed by atoms with Crippen LogP contribution >= 0.6 is 11.3 Å². The van der Waals surface area contributed by atoms with E-state index in [1.807, 2.05) is 17.4 Å². The van der Waals surface area contributed by atoms with E-state index in [4.69, 9.17) is 4.42 Å². The van der Waals surface area contributed by atoms with Crippen LogP contribution in [0.15, 0.2) is 180 Å². The first-order valence-electron chi connectivity index (χ1n) is 16.6. The monoisotopic (exact) mass is 643 g/mol. The quantitative estimate of drug-likeness (QED) is 0.186. The molecule has 0 aliphatic rings. The molecule has 0 saturated heterocycles. The zero-order valence-corrected chi connectivity index (χ0v) is 27.3.